The molecule has 100 valence electrons. The van der Waals surface area contributed by atoms with Crippen molar-refractivity contribution in [2.24, 2.45) is 0 Å². The highest BCUT2D eigenvalue weighted by Gasteiger charge is 2.21. The van der Waals surface area contributed by atoms with Crippen LogP contribution in [0.25, 0.3) is 11.5 Å². The summed E-state index contributed by atoms with van der Waals surface area (Å²) in [4.78, 5) is 19.0. The van der Waals surface area contributed by atoms with Crippen LogP contribution >= 0.6 is 0 Å². The SMILES string of the molecule is CCCC(CC(=O)O)n1nnnc1-c1cnccn1. The summed E-state index contributed by atoms with van der Waals surface area (Å²) in [6.45, 7) is 1.99. The molecule has 0 aliphatic rings. The van der Waals surface area contributed by atoms with Gasteiger partial charge in [-0.2, -0.15) is 0 Å². The van der Waals surface area contributed by atoms with E-state index >= 15 is 0 Å². The van der Waals surface area contributed by atoms with E-state index in [1.165, 1.54) is 4.68 Å². The van der Waals surface area contributed by atoms with Crippen LogP contribution in [0.4, 0.5) is 0 Å². The predicted molar refractivity (Wildman–Crippen MR) is 65.0 cm³/mol. The van der Waals surface area contributed by atoms with Crippen molar-refractivity contribution in [3.63, 3.8) is 0 Å². The van der Waals surface area contributed by atoms with Gasteiger partial charge in [-0.05, 0) is 16.8 Å². The van der Waals surface area contributed by atoms with Gasteiger partial charge in [-0.3, -0.25) is 9.78 Å². The lowest BCUT2D eigenvalue weighted by Gasteiger charge is -2.15. The molecule has 2 aromatic rings. The number of carboxylic acids is 1. The quantitative estimate of drug-likeness (QED) is 0.825. The molecule has 1 N–H and O–H groups in total. The first-order valence-corrected chi connectivity index (χ1v) is 5.98. The van der Waals surface area contributed by atoms with Gasteiger partial charge in [0.25, 0.3) is 0 Å². The van der Waals surface area contributed by atoms with E-state index in [9.17, 15) is 4.79 Å². The van der Waals surface area contributed by atoms with Crippen LogP contribution in [-0.2, 0) is 4.79 Å². The first-order valence-electron chi connectivity index (χ1n) is 5.98. The Labute approximate surface area is 109 Å². The summed E-state index contributed by atoms with van der Waals surface area (Å²) in [5, 5.41) is 20.4. The summed E-state index contributed by atoms with van der Waals surface area (Å²) >= 11 is 0. The molecule has 0 radical (unpaired) electrons. The number of hydrogen-bond acceptors (Lipinski definition) is 6. The average Bonchev–Trinajstić information content (AvgIpc) is 2.88. The van der Waals surface area contributed by atoms with Crippen molar-refractivity contribution in [2.45, 2.75) is 32.2 Å². The van der Waals surface area contributed by atoms with Gasteiger partial charge in [0.05, 0.1) is 18.7 Å². The van der Waals surface area contributed by atoms with Crippen LogP contribution in [0.3, 0.4) is 0 Å². The Morgan fingerprint density at radius 3 is 2.95 bits per heavy atom. The lowest BCUT2D eigenvalue weighted by Crippen LogP contribution is -2.16. The number of tetrazole rings is 1. The second kappa shape index (κ2) is 5.98. The van der Waals surface area contributed by atoms with E-state index in [0.29, 0.717) is 17.9 Å². The zero-order valence-electron chi connectivity index (χ0n) is 10.5. The maximum atomic E-state index is 10.9. The Morgan fingerprint density at radius 2 is 2.32 bits per heavy atom. The first kappa shape index (κ1) is 13.1. The molecule has 0 fully saturated rings. The average molecular weight is 262 g/mol. The van der Waals surface area contributed by atoms with Crippen LogP contribution in [0.5, 0.6) is 0 Å². The smallest absolute Gasteiger partial charge is 0.305 e. The highest BCUT2D eigenvalue weighted by molar-refractivity contribution is 5.67. The zero-order chi connectivity index (χ0) is 13.7. The molecule has 0 saturated carbocycles. The molecule has 19 heavy (non-hydrogen) atoms. The van der Waals surface area contributed by atoms with Crippen LogP contribution in [0.2, 0.25) is 0 Å². The molecule has 8 nitrogen and oxygen atoms in total. The molecule has 0 saturated heterocycles. The van der Waals surface area contributed by atoms with Crippen molar-refractivity contribution in [1.29, 1.82) is 0 Å². The maximum Gasteiger partial charge on any atom is 0.305 e. The van der Waals surface area contributed by atoms with E-state index in [2.05, 4.69) is 25.5 Å². The van der Waals surface area contributed by atoms with Gasteiger partial charge in [-0.25, -0.2) is 9.67 Å². The van der Waals surface area contributed by atoms with E-state index in [4.69, 9.17) is 5.11 Å². The molecule has 2 rings (SSSR count). The predicted octanol–water partition coefficient (Wildman–Crippen LogP) is 0.946. The second-order valence-corrected chi connectivity index (χ2v) is 4.08. The highest BCUT2D eigenvalue weighted by atomic mass is 16.4. The third-order valence-corrected chi connectivity index (χ3v) is 2.66. The second-order valence-electron chi connectivity index (χ2n) is 4.08. The van der Waals surface area contributed by atoms with E-state index in [1.807, 2.05) is 6.92 Å². The summed E-state index contributed by atoms with van der Waals surface area (Å²) < 4.78 is 1.52. The van der Waals surface area contributed by atoms with Gasteiger partial charge in [-0.15, -0.1) is 5.10 Å². The Bertz CT molecular complexity index is 541. The molecule has 8 heteroatoms. The van der Waals surface area contributed by atoms with Crippen LogP contribution < -0.4 is 0 Å². The summed E-state index contributed by atoms with van der Waals surface area (Å²) in [5.74, 6) is -0.438. The van der Waals surface area contributed by atoms with E-state index < -0.39 is 5.97 Å². The topological polar surface area (TPSA) is 107 Å². The zero-order valence-corrected chi connectivity index (χ0v) is 10.5. The van der Waals surface area contributed by atoms with Crippen LogP contribution in [0.1, 0.15) is 32.2 Å². The molecule has 0 aliphatic carbocycles. The fraction of sp³-hybridized carbons (Fsp3) is 0.455. The van der Waals surface area contributed by atoms with Gasteiger partial charge in [0.2, 0.25) is 5.82 Å². The van der Waals surface area contributed by atoms with Crippen molar-refractivity contribution < 1.29 is 9.90 Å². The molecule has 1 atom stereocenters. The first-order chi connectivity index (χ1) is 9.22. The molecule has 0 bridgehead atoms. The van der Waals surface area contributed by atoms with Crippen LogP contribution in [0.15, 0.2) is 18.6 Å². The molecule has 0 aliphatic heterocycles. The Morgan fingerprint density at radius 1 is 1.47 bits per heavy atom. The number of nitrogens with zero attached hydrogens (tertiary/aromatic N) is 6. The highest BCUT2D eigenvalue weighted by Crippen LogP contribution is 2.22. The largest absolute Gasteiger partial charge is 0.481 e. The number of carboxylic acid groups (broad SMARTS) is 1. The van der Waals surface area contributed by atoms with E-state index in [1.54, 1.807) is 18.6 Å². The number of rotatable bonds is 6. The summed E-state index contributed by atoms with van der Waals surface area (Å²) in [6.07, 6.45) is 6.15. The Hall–Kier alpha value is -2.38. The molecule has 1 unspecified atom stereocenters. The van der Waals surface area contributed by atoms with Crippen molar-refractivity contribution in [2.75, 3.05) is 0 Å². The van der Waals surface area contributed by atoms with E-state index in [-0.39, 0.29) is 12.5 Å². The number of hydrogen-bond donors (Lipinski definition) is 1. The van der Waals surface area contributed by atoms with Crippen LogP contribution in [0, 0.1) is 0 Å². The molecule has 2 aromatic heterocycles. The summed E-state index contributed by atoms with van der Waals surface area (Å²) in [7, 11) is 0. The lowest BCUT2D eigenvalue weighted by atomic mass is 10.1. The summed E-state index contributed by atoms with van der Waals surface area (Å²) in [5.41, 5.74) is 0.527. The molecule has 0 aromatic carbocycles. The van der Waals surface area contributed by atoms with Crippen LogP contribution in [-0.4, -0.2) is 41.3 Å². The van der Waals surface area contributed by atoms with Gasteiger partial charge in [0.1, 0.15) is 5.69 Å². The summed E-state index contributed by atoms with van der Waals surface area (Å²) in [6, 6.07) is -0.283. The van der Waals surface area contributed by atoms with Gasteiger partial charge < -0.3 is 5.11 Å². The molecule has 0 spiro atoms. The van der Waals surface area contributed by atoms with Gasteiger partial charge in [-0.1, -0.05) is 13.3 Å². The standard InChI is InChI=1S/C11H14N6O2/c1-2-3-8(6-10(18)19)17-11(14-15-16-17)9-7-12-4-5-13-9/h4-5,7-8H,2-3,6H2,1H3,(H,18,19). The minimum Gasteiger partial charge on any atom is -0.481 e. The molecular formula is C11H14N6O2. The van der Waals surface area contributed by atoms with Crippen molar-refractivity contribution in [3.8, 4) is 11.5 Å². The van der Waals surface area contributed by atoms with Gasteiger partial charge >= 0.3 is 5.97 Å². The molecule has 2 heterocycles. The maximum absolute atomic E-state index is 10.9. The lowest BCUT2D eigenvalue weighted by molar-refractivity contribution is -0.138. The number of aromatic nitrogens is 6. The van der Waals surface area contributed by atoms with Crippen molar-refractivity contribution >= 4 is 5.97 Å². The number of carbonyl (C=O) groups is 1. The van der Waals surface area contributed by atoms with Crippen molar-refractivity contribution in [3.05, 3.63) is 18.6 Å². The number of aliphatic carboxylic acids is 1. The third kappa shape index (κ3) is 3.09. The van der Waals surface area contributed by atoms with Crippen molar-refractivity contribution in [1.82, 2.24) is 30.2 Å². The fourth-order valence-corrected chi connectivity index (χ4v) is 1.87. The normalized spacial score (nSPS) is 12.3. The Kier molecular flexibility index (Phi) is 4.11. The van der Waals surface area contributed by atoms with Gasteiger partial charge in [0.15, 0.2) is 0 Å². The fourth-order valence-electron chi connectivity index (χ4n) is 1.87. The Balaban J connectivity index is 2.33. The van der Waals surface area contributed by atoms with Gasteiger partial charge in [0, 0.05) is 12.4 Å². The molecule has 0 amide bonds. The van der Waals surface area contributed by atoms with E-state index in [0.717, 1.165) is 6.42 Å². The minimum absolute atomic E-state index is 0.0217. The minimum atomic E-state index is -0.876. The molecular weight excluding hydrogens is 248 g/mol. The third-order valence-electron chi connectivity index (χ3n) is 2.66. The monoisotopic (exact) mass is 262 g/mol.